The molecular formula is C30H35NO4. The summed E-state index contributed by atoms with van der Waals surface area (Å²) in [7, 11) is 0. The van der Waals surface area contributed by atoms with Gasteiger partial charge >= 0.3 is 0 Å². The number of nitrogens with zero attached hydrogens (tertiary/aromatic N) is 1. The molecule has 0 aliphatic carbocycles. The fourth-order valence-electron chi connectivity index (χ4n) is 3.81. The van der Waals surface area contributed by atoms with Gasteiger partial charge in [-0.15, -0.1) is 0 Å². The van der Waals surface area contributed by atoms with Gasteiger partial charge in [0.25, 0.3) is 0 Å². The summed E-state index contributed by atoms with van der Waals surface area (Å²) in [6.45, 7) is 7.49. The van der Waals surface area contributed by atoms with E-state index in [1.807, 2.05) is 93.6 Å². The highest BCUT2D eigenvalue weighted by molar-refractivity contribution is 6.00. The summed E-state index contributed by atoms with van der Waals surface area (Å²) in [6.07, 6.45) is 1.70. The van der Waals surface area contributed by atoms with Crippen molar-refractivity contribution in [1.29, 1.82) is 0 Å². The third-order valence-corrected chi connectivity index (χ3v) is 5.63. The lowest BCUT2D eigenvalue weighted by molar-refractivity contribution is -0.128. The van der Waals surface area contributed by atoms with Crippen molar-refractivity contribution >= 4 is 11.5 Å². The summed E-state index contributed by atoms with van der Waals surface area (Å²) in [4.78, 5) is 15.3. The number of ether oxygens (including phenoxy) is 2. The first-order chi connectivity index (χ1) is 17.0. The SMILES string of the molecule is Cc1ccc(OCc2ccccc2)c(C(=CC(=O)N(CCOCCO)C(C)C)c2ccccc2)c1. The maximum absolute atomic E-state index is 13.5. The Balaban J connectivity index is 1.97. The second-order valence-electron chi connectivity index (χ2n) is 8.66. The van der Waals surface area contributed by atoms with E-state index in [4.69, 9.17) is 14.6 Å². The van der Waals surface area contributed by atoms with Gasteiger partial charge in [0.1, 0.15) is 12.4 Å². The van der Waals surface area contributed by atoms with Crippen molar-refractivity contribution in [3.63, 3.8) is 0 Å². The number of aliphatic hydroxyl groups excluding tert-OH is 1. The highest BCUT2D eigenvalue weighted by atomic mass is 16.5. The fourth-order valence-corrected chi connectivity index (χ4v) is 3.81. The minimum absolute atomic E-state index is 0.000176. The number of hydrogen-bond donors (Lipinski definition) is 1. The maximum atomic E-state index is 13.5. The number of aryl methyl sites for hydroxylation is 1. The Bertz CT molecular complexity index is 1090. The number of rotatable bonds is 12. The molecule has 1 amide bonds. The molecule has 0 atom stereocenters. The predicted molar refractivity (Wildman–Crippen MR) is 140 cm³/mol. The molecule has 35 heavy (non-hydrogen) atoms. The van der Waals surface area contributed by atoms with Crippen molar-refractivity contribution < 1.29 is 19.4 Å². The summed E-state index contributed by atoms with van der Waals surface area (Å²) in [6, 6.07) is 26.0. The minimum Gasteiger partial charge on any atom is -0.488 e. The normalized spacial score (nSPS) is 11.5. The highest BCUT2D eigenvalue weighted by Crippen LogP contribution is 2.33. The molecule has 0 saturated heterocycles. The van der Waals surface area contributed by atoms with E-state index in [0.29, 0.717) is 19.8 Å². The number of carbonyl (C=O) groups excluding carboxylic acids is 1. The van der Waals surface area contributed by atoms with Crippen molar-refractivity contribution in [1.82, 2.24) is 4.90 Å². The Morgan fingerprint density at radius 1 is 0.971 bits per heavy atom. The molecule has 184 valence electrons. The van der Waals surface area contributed by atoms with E-state index in [0.717, 1.165) is 33.6 Å². The molecule has 0 heterocycles. The van der Waals surface area contributed by atoms with E-state index in [-0.39, 0.29) is 25.2 Å². The number of carbonyl (C=O) groups is 1. The summed E-state index contributed by atoms with van der Waals surface area (Å²) < 4.78 is 11.7. The van der Waals surface area contributed by atoms with Crippen LogP contribution in [0.1, 0.15) is 36.1 Å². The second-order valence-corrected chi connectivity index (χ2v) is 8.66. The van der Waals surface area contributed by atoms with E-state index in [2.05, 4.69) is 6.07 Å². The number of hydrogen-bond acceptors (Lipinski definition) is 4. The molecule has 5 heteroatoms. The highest BCUT2D eigenvalue weighted by Gasteiger charge is 2.19. The van der Waals surface area contributed by atoms with Gasteiger partial charge in [-0.3, -0.25) is 4.79 Å². The van der Waals surface area contributed by atoms with Crippen LogP contribution in [-0.2, 0) is 16.1 Å². The lowest BCUT2D eigenvalue weighted by Gasteiger charge is -2.26. The molecule has 0 aliphatic heterocycles. The zero-order chi connectivity index (χ0) is 25.0. The van der Waals surface area contributed by atoms with Gasteiger partial charge in [-0.05, 0) is 49.6 Å². The topological polar surface area (TPSA) is 59.0 Å². The average Bonchev–Trinajstić information content (AvgIpc) is 2.87. The second kappa shape index (κ2) is 13.5. The third-order valence-electron chi connectivity index (χ3n) is 5.63. The Labute approximate surface area is 208 Å². The molecule has 0 bridgehead atoms. The average molecular weight is 474 g/mol. The third kappa shape index (κ3) is 7.81. The zero-order valence-electron chi connectivity index (χ0n) is 20.8. The summed E-state index contributed by atoms with van der Waals surface area (Å²) in [5.41, 5.74) is 4.79. The first kappa shape index (κ1) is 26.2. The van der Waals surface area contributed by atoms with Crippen LogP contribution in [0, 0.1) is 6.92 Å². The van der Waals surface area contributed by atoms with E-state index < -0.39 is 0 Å². The van der Waals surface area contributed by atoms with Crippen molar-refractivity contribution in [2.45, 2.75) is 33.4 Å². The van der Waals surface area contributed by atoms with Crippen LogP contribution in [0.25, 0.3) is 5.57 Å². The van der Waals surface area contributed by atoms with Crippen LogP contribution in [-0.4, -0.2) is 48.3 Å². The molecule has 3 aromatic rings. The van der Waals surface area contributed by atoms with Gasteiger partial charge in [0.15, 0.2) is 0 Å². The van der Waals surface area contributed by atoms with Crippen molar-refractivity contribution in [2.75, 3.05) is 26.4 Å². The van der Waals surface area contributed by atoms with Crippen LogP contribution in [0.5, 0.6) is 5.75 Å². The first-order valence-electron chi connectivity index (χ1n) is 12.0. The molecule has 0 fully saturated rings. The van der Waals surface area contributed by atoms with Crippen LogP contribution < -0.4 is 4.74 Å². The van der Waals surface area contributed by atoms with E-state index in [1.165, 1.54) is 0 Å². The molecule has 0 unspecified atom stereocenters. The molecule has 0 aromatic heterocycles. The molecule has 0 spiro atoms. The summed E-state index contributed by atoms with van der Waals surface area (Å²) in [5.74, 6) is 0.631. The Morgan fingerprint density at radius 3 is 2.31 bits per heavy atom. The monoisotopic (exact) mass is 473 g/mol. The standard InChI is InChI=1S/C30H35NO4/c1-23(2)31(16-18-34-19-17-32)30(33)21-27(26-12-8-5-9-13-26)28-20-24(3)14-15-29(28)35-22-25-10-6-4-7-11-25/h4-15,20-21,23,32H,16-19,22H2,1-3H3. The lowest BCUT2D eigenvalue weighted by atomic mass is 9.95. The lowest BCUT2D eigenvalue weighted by Crippen LogP contribution is -2.38. The minimum atomic E-state index is -0.0954. The summed E-state index contributed by atoms with van der Waals surface area (Å²) >= 11 is 0. The van der Waals surface area contributed by atoms with Gasteiger partial charge in [0, 0.05) is 24.2 Å². The summed E-state index contributed by atoms with van der Waals surface area (Å²) in [5, 5.41) is 8.96. The molecular weight excluding hydrogens is 438 g/mol. The first-order valence-corrected chi connectivity index (χ1v) is 12.0. The Morgan fingerprint density at radius 2 is 1.66 bits per heavy atom. The van der Waals surface area contributed by atoms with E-state index in [9.17, 15) is 4.79 Å². The Kier molecular flexibility index (Phi) is 10.1. The number of amides is 1. The van der Waals surface area contributed by atoms with Gasteiger partial charge in [-0.2, -0.15) is 0 Å². The molecule has 1 N–H and O–H groups in total. The van der Waals surface area contributed by atoms with Gasteiger partial charge in [-0.1, -0.05) is 72.3 Å². The maximum Gasteiger partial charge on any atom is 0.247 e. The van der Waals surface area contributed by atoms with Gasteiger partial charge in [0.2, 0.25) is 5.91 Å². The largest absolute Gasteiger partial charge is 0.488 e. The van der Waals surface area contributed by atoms with Gasteiger partial charge in [-0.25, -0.2) is 0 Å². The van der Waals surface area contributed by atoms with Crippen LogP contribution in [0.4, 0.5) is 0 Å². The van der Waals surface area contributed by atoms with Crippen molar-refractivity contribution in [3.05, 3.63) is 107 Å². The van der Waals surface area contributed by atoms with E-state index >= 15 is 0 Å². The fraction of sp³-hybridized carbons (Fsp3) is 0.300. The van der Waals surface area contributed by atoms with Gasteiger partial charge < -0.3 is 19.5 Å². The number of benzene rings is 3. The molecule has 3 rings (SSSR count). The molecule has 0 saturated carbocycles. The Hall–Kier alpha value is -3.41. The smallest absolute Gasteiger partial charge is 0.247 e. The molecule has 3 aromatic carbocycles. The molecule has 0 radical (unpaired) electrons. The predicted octanol–water partition coefficient (Wildman–Crippen LogP) is 5.25. The van der Waals surface area contributed by atoms with E-state index in [1.54, 1.807) is 11.0 Å². The number of aliphatic hydroxyl groups is 1. The zero-order valence-corrected chi connectivity index (χ0v) is 20.8. The quantitative estimate of drug-likeness (QED) is 0.288. The van der Waals surface area contributed by atoms with Crippen LogP contribution in [0.3, 0.4) is 0 Å². The molecule has 0 aliphatic rings. The molecule has 5 nitrogen and oxygen atoms in total. The van der Waals surface area contributed by atoms with Crippen LogP contribution in [0.15, 0.2) is 84.9 Å². The van der Waals surface area contributed by atoms with Crippen LogP contribution in [0.2, 0.25) is 0 Å². The van der Waals surface area contributed by atoms with Crippen LogP contribution >= 0.6 is 0 Å². The van der Waals surface area contributed by atoms with Crippen molar-refractivity contribution in [2.24, 2.45) is 0 Å². The van der Waals surface area contributed by atoms with Crippen molar-refractivity contribution in [3.8, 4) is 5.75 Å². The van der Waals surface area contributed by atoms with Gasteiger partial charge in [0.05, 0.1) is 19.8 Å².